The number of carbonyl (C=O) groups excluding carboxylic acids is 1. The molecule has 142 valence electrons. The minimum absolute atomic E-state index is 0.0975. The first-order valence-electron chi connectivity index (χ1n) is 8.89. The van der Waals surface area contributed by atoms with Gasteiger partial charge < -0.3 is 4.42 Å². The van der Waals surface area contributed by atoms with Crippen molar-refractivity contribution in [2.45, 2.75) is 44.6 Å². The van der Waals surface area contributed by atoms with E-state index in [1.165, 1.54) is 10.5 Å². The molecule has 0 fully saturated rings. The zero-order valence-corrected chi connectivity index (χ0v) is 16.5. The second kappa shape index (κ2) is 8.85. The normalized spacial score (nSPS) is 11.1. The highest BCUT2D eigenvalue weighted by molar-refractivity contribution is 7.99. The first kappa shape index (κ1) is 19.2. The number of aryl methyl sites for hydroxylation is 1. The predicted octanol–water partition coefficient (Wildman–Crippen LogP) is 4.33. The van der Waals surface area contributed by atoms with Gasteiger partial charge in [0.15, 0.2) is 0 Å². The topological polar surface area (TPSA) is 85.8 Å². The van der Waals surface area contributed by atoms with E-state index in [9.17, 15) is 4.79 Å². The van der Waals surface area contributed by atoms with Crippen LogP contribution in [0.15, 0.2) is 45.8 Å². The summed E-state index contributed by atoms with van der Waals surface area (Å²) in [7, 11) is 0. The molecule has 0 aliphatic rings. The Hall–Kier alpha value is -2.61. The van der Waals surface area contributed by atoms with Crippen molar-refractivity contribution in [2.24, 2.45) is 0 Å². The number of nitrogens with zero attached hydrogens (tertiary/aromatic N) is 4. The van der Waals surface area contributed by atoms with E-state index < -0.39 is 0 Å². The molecule has 2 aromatic heterocycles. The highest BCUT2D eigenvalue weighted by Gasteiger charge is 2.14. The van der Waals surface area contributed by atoms with Crippen molar-refractivity contribution in [3.63, 3.8) is 0 Å². The van der Waals surface area contributed by atoms with Gasteiger partial charge in [0.2, 0.25) is 5.91 Å². The van der Waals surface area contributed by atoms with Gasteiger partial charge in [0, 0.05) is 23.6 Å². The molecule has 0 radical (unpaired) electrons. The van der Waals surface area contributed by atoms with Crippen LogP contribution in [0.3, 0.4) is 0 Å². The number of amides is 1. The van der Waals surface area contributed by atoms with E-state index in [4.69, 9.17) is 4.42 Å². The maximum atomic E-state index is 12.0. The highest BCUT2D eigenvalue weighted by atomic mass is 32.2. The fraction of sp³-hybridized carbons (Fsp3) is 0.368. The minimum Gasteiger partial charge on any atom is -0.401 e. The quantitative estimate of drug-likeness (QED) is 0.459. The highest BCUT2D eigenvalue weighted by Crippen LogP contribution is 2.21. The van der Waals surface area contributed by atoms with Crippen LogP contribution in [0.2, 0.25) is 0 Å². The third-order valence-corrected chi connectivity index (χ3v) is 4.96. The number of anilines is 1. The Bertz CT molecular complexity index is 886. The van der Waals surface area contributed by atoms with Crippen molar-refractivity contribution in [3.8, 4) is 11.6 Å². The molecule has 2 heterocycles. The Balaban J connectivity index is 1.44. The van der Waals surface area contributed by atoms with E-state index in [-0.39, 0.29) is 18.0 Å². The van der Waals surface area contributed by atoms with E-state index in [0.717, 1.165) is 12.2 Å². The average molecular weight is 385 g/mol. The summed E-state index contributed by atoms with van der Waals surface area (Å²) in [5.74, 6) is 1.03. The van der Waals surface area contributed by atoms with E-state index in [0.29, 0.717) is 18.0 Å². The lowest BCUT2D eigenvalue weighted by Gasteiger charge is -2.03. The van der Waals surface area contributed by atoms with Gasteiger partial charge >= 0.3 is 6.01 Å². The lowest BCUT2D eigenvalue weighted by atomic mass is 10.2. The van der Waals surface area contributed by atoms with Gasteiger partial charge in [0.05, 0.1) is 0 Å². The van der Waals surface area contributed by atoms with Gasteiger partial charge in [-0.25, -0.2) is 0 Å². The molecule has 0 atom stereocenters. The Morgan fingerprint density at radius 3 is 2.70 bits per heavy atom. The monoisotopic (exact) mass is 385 g/mol. The molecule has 3 rings (SSSR count). The van der Waals surface area contributed by atoms with Crippen LogP contribution in [-0.2, 0) is 4.79 Å². The standard InChI is InChI=1S/C19H23N5O2S/c1-13(2)24-11-10-16(23-24)18-21-22-19(26-18)20-17(25)5-4-12-27-15-8-6-14(3)7-9-15/h6-11,13H,4-5,12H2,1-3H3,(H,20,22,25). The van der Waals surface area contributed by atoms with Crippen LogP contribution in [0.25, 0.3) is 11.6 Å². The number of hydrogen-bond acceptors (Lipinski definition) is 6. The number of rotatable bonds is 8. The van der Waals surface area contributed by atoms with Crippen molar-refractivity contribution < 1.29 is 9.21 Å². The summed E-state index contributed by atoms with van der Waals surface area (Å²) < 4.78 is 7.29. The van der Waals surface area contributed by atoms with Crippen LogP contribution < -0.4 is 5.32 Å². The van der Waals surface area contributed by atoms with Crippen molar-refractivity contribution in [3.05, 3.63) is 42.1 Å². The number of nitrogens with one attached hydrogen (secondary N) is 1. The molecule has 1 amide bonds. The number of hydrogen-bond donors (Lipinski definition) is 1. The maximum absolute atomic E-state index is 12.0. The molecule has 0 saturated heterocycles. The van der Waals surface area contributed by atoms with Crippen molar-refractivity contribution in [1.29, 1.82) is 0 Å². The summed E-state index contributed by atoms with van der Waals surface area (Å²) in [6.45, 7) is 6.14. The lowest BCUT2D eigenvalue weighted by Crippen LogP contribution is -2.11. The van der Waals surface area contributed by atoms with Gasteiger partial charge in [0.25, 0.3) is 5.89 Å². The Morgan fingerprint density at radius 2 is 2.00 bits per heavy atom. The van der Waals surface area contributed by atoms with Crippen molar-refractivity contribution >= 4 is 23.7 Å². The second-order valence-electron chi connectivity index (χ2n) is 6.50. The molecule has 27 heavy (non-hydrogen) atoms. The molecule has 0 aliphatic carbocycles. The van der Waals surface area contributed by atoms with Gasteiger partial charge in [0.1, 0.15) is 5.69 Å². The minimum atomic E-state index is -0.137. The molecule has 3 aromatic rings. The Morgan fingerprint density at radius 1 is 1.22 bits per heavy atom. The van der Waals surface area contributed by atoms with Gasteiger partial charge in [-0.3, -0.25) is 14.8 Å². The number of carbonyl (C=O) groups is 1. The molecular weight excluding hydrogens is 362 g/mol. The summed E-state index contributed by atoms with van der Waals surface area (Å²) in [5, 5.41) is 14.8. The van der Waals surface area contributed by atoms with E-state index in [2.05, 4.69) is 51.8 Å². The molecule has 0 saturated carbocycles. The van der Waals surface area contributed by atoms with E-state index in [1.54, 1.807) is 17.8 Å². The van der Waals surface area contributed by atoms with Gasteiger partial charge in [-0.1, -0.05) is 22.8 Å². The molecule has 7 nitrogen and oxygen atoms in total. The lowest BCUT2D eigenvalue weighted by molar-refractivity contribution is -0.116. The SMILES string of the molecule is Cc1ccc(SCCCC(=O)Nc2nnc(-c3ccn(C(C)C)n3)o2)cc1. The van der Waals surface area contributed by atoms with Crippen LogP contribution in [0.5, 0.6) is 0 Å². The largest absolute Gasteiger partial charge is 0.401 e. The molecule has 1 aromatic carbocycles. The van der Waals surface area contributed by atoms with Gasteiger partial charge in [-0.15, -0.1) is 16.9 Å². The average Bonchev–Trinajstić information content (AvgIpc) is 3.29. The molecular formula is C19H23N5O2S. The van der Waals surface area contributed by atoms with E-state index in [1.807, 2.05) is 24.7 Å². The predicted molar refractivity (Wildman–Crippen MR) is 106 cm³/mol. The molecule has 0 bridgehead atoms. The maximum Gasteiger partial charge on any atom is 0.322 e. The first-order chi connectivity index (χ1) is 13.0. The van der Waals surface area contributed by atoms with Crippen molar-refractivity contribution in [1.82, 2.24) is 20.0 Å². The second-order valence-corrected chi connectivity index (χ2v) is 7.67. The zero-order valence-electron chi connectivity index (χ0n) is 15.7. The van der Waals surface area contributed by atoms with E-state index >= 15 is 0 Å². The third kappa shape index (κ3) is 5.43. The molecule has 0 aliphatic heterocycles. The molecule has 0 unspecified atom stereocenters. The summed E-state index contributed by atoms with van der Waals surface area (Å²) in [5.41, 5.74) is 1.83. The zero-order chi connectivity index (χ0) is 19.2. The number of benzene rings is 1. The smallest absolute Gasteiger partial charge is 0.322 e. The Kier molecular flexibility index (Phi) is 6.28. The first-order valence-corrected chi connectivity index (χ1v) is 9.88. The Labute approximate surface area is 162 Å². The third-order valence-electron chi connectivity index (χ3n) is 3.87. The van der Waals surface area contributed by atoms with Crippen molar-refractivity contribution in [2.75, 3.05) is 11.1 Å². The number of aromatic nitrogens is 4. The van der Waals surface area contributed by atoms with Crippen LogP contribution in [0.1, 0.15) is 38.3 Å². The van der Waals surface area contributed by atoms with Crippen LogP contribution in [-0.4, -0.2) is 31.6 Å². The van der Waals surface area contributed by atoms with Crippen LogP contribution in [0, 0.1) is 6.92 Å². The molecule has 8 heteroatoms. The van der Waals surface area contributed by atoms with Crippen LogP contribution >= 0.6 is 11.8 Å². The molecule has 0 spiro atoms. The summed E-state index contributed by atoms with van der Waals surface area (Å²) in [6.07, 6.45) is 3.02. The summed E-state index contributed by atoms with van der Waals surface area (Å²) in [4.78, 5) is 13.3. The summed E-state index contributed by atoms with van der Waals surface area (Å²) >= 11 is 1.74. The van der Waals surface area contributed by atoms with Gasteiger partial charge in [-0.05, 0) is 51.1 Å². The number of thioether (sulfide) groups is 1. The summed E-state index contributed by atoms with van der Waals surface area (Å²) in [6, 6.07) is 10.5. The van der Waals surface area contributed by atoms with Gasteiger partial charge in [-0.2, -0.15) is 5.10 Å². The molecule has 1 N–H and O–H groups in total. The van der Waals surface area contributed by atoms with Crippen LogP contribution in [0.4, 0.5) is 6.01 Å². The fourth-order valence-corrected chi connectivity index (χ4v) is 3.21. The fourth-order valence-electron chi connectivity index (χ4n) is 2.36.